The van der Waals surface area contributed by atoms with Crippen molar-refractivity contribution in [2.24, 2.45) is 5.41 Å². The number of hydrogen-bond acceptors (Lipinski definition) is 6. The van der Waals surface area contributed by atoms with Crippen LogP contribution in [0.4, 0.5) is 0 Å². The number of nitro groups is 1. The summed E-state index contributed by atoms with van der Waals surface area (Å²) in [6.45, 7) is 0.531. The van der Waals surface area contributed by atoms with Crippen molar-refractivity contribution in [1.82, 2.24) is 9.88 Å². The second-order valence-electron chi connectivity index (χ2n) is 7.14. The molecule has 1 aromatic heterocycles. The molecule has 2 unspecified atom stereocenters. The number of aromatic nitrogens is 1. The molecular weight excluding hydrogens is 326 g/mol. The van der Waals surface area contributed by atoms with Gasteiger partial charge in [-0.15, -0.1) is 0 Å². The summed E-state index contributed by atoms with van der Waals surface area (Å²) in [5.74, 6) is -0.347. The van der Waals surface area contributed by atoms with Crippen molar-refractivity contribution in [3.8, 4) is 0 Å². The van der Waals surface area contributed by atoms with Crippen molar-refractivity contribution in [3.63, 3.8) is 0 Å². The Morgan fingerprint density at radius 3 is 2.92 bits per heavy atom. The number of H-pyrrole nitrogens is 1. The first-order chi connectivity index (χ1) is 11.9. The largest absolute Gasteiger partial charge is 0.468 e. The lowest BCUT2D eigenvalue weighted by Gasteiger charge is -2.49. The molecule has 1 fully saturated rings. The predicted octanol–water partition coefficient (Wildman–Crippen LogP) is 0.0854. The van der Waals surface area contributed by atoms with E-state index < -0.39 is 11.1 Å². The molecule has 1 aromatic rings. The van der Waals surface area contributed by atoms with Crippen LogP contribution in [0.1, 0.15) is 31.4 Å². The maximum Gasteiger partial charge on any atom is 0.319 e. The van der Waals surface area contributed by atoms with E-state index in [4.69, 9.17) is 9.47 Å². The van der Waals surface area contributed by atoms with Crippen molar-refractivity contribution in [2.45, 2.75) is 38.0 Å². The molecule has 2 aliphatic heterocycles. The van der Waals surface area contributed by atoms with Crippen LogP contribution in [0, 0.1) is 15.5 Å². The third-order valence-corrected chi connectivity index (χ3v) is 5.88. The smallest absolute Gasteiger partial charge is 0.319 e. The van der Waals surface area contributed by atoms with Crippen LogP contribution < -0.4 is 10.6 Å². The van der Waals surface area contributed by atoms with Crippen LogP contribution in [0.2, 0.25) is 0 Å². The Balaban J connectivity index is 1.90. The summed E-state index contributed by atoms with van der Waals surface area (Å²) in [7, 11) is 2.98. The Morgan fingerprint density at radius 2 is 2.24 bits per heavy atom. The highest BCUT2D eigenvalue weighted by molar-refractivity contribution is 5.71. The lowest BCUT2D eigenvalue weighted by molar-refractivity contribution is -0.391. The molecule has 1 N–H and O–H groups in total. The van der Waals surface area contributed by atoms with E-state index in [1.54, 1.807) is 7.11 Å². The minimum atomic E-state index is -0.736. The number of methoxy groups -OCH3 is 2. The van der Waals surface area contributed by atoms with E-state index in [9.17, 15) is 14.9 Å². The fourth-order valence-electron chi connectivity index (χ4n) is 4.83. The normalized spacial score (nSPS) is 30.4. The van der Waals surface area contributed by atoms with Crippen LogP contribution in [0.15, 0.2) is 6.07 Å². The average molecular weight is 347 g/mol. The average Bonchev–Trinajstić information content (AvgIpc) is 3.07. The summed E-state index contributed by atoms with van der Waals surface area (Å²) in [6, 6.07) is 1.84. The number of esters is 1. The van der Waals surface area contributed by atoms with E-state index in [0.29, 0.717) is 24.6 Å². The summed E-state index contributed by atoms with van der Waals surface area (Å²) in [6.07, 6.45) is 4.67. The highest BCUT2D eigenvalue weighted by Crippen LogP contribution is 2.52. The number of nitrogens with one attached hydrogen (secondary N) is 1. The molecule has 25 heavy (non-hydrogen) atoms. The second kappa shape index (κ2) is 5.40. The van der Waals surface area contributed by atoms with E-state index in [-0.39, 0.29) is 23.1 Å². The third kappa shape index (κ3) is 2.24. The van der Waals surface area contributed by atoms with Crippen LogP contribution in [-0.4, -0.2) is 47.3 Å². The molecule has 3 heterocycles. The van der Waals surface area contributed by atoms with Crippen molar-refractivity contribution >= 4 is 17.7 Å². The zero-order valence-electron chi connectivity index (χ0n) is 14.3. The standard InChI is InChI=1S/C17H21N3O5/c1-24-14(21)9-19-8-11-6-12-13(18-11)7-16(15(12)20(22)23)4-3-5-17(19,10-16)25-2/h6-7,18H,3-5,8-10H2,1-2H3. The molecule has 5 rings (SSSR count). The fraction of sp³-hybridized carbons (Fsp3) is 0.588. The molecule has 0 radical (unpaired) electrons. The molecule has 1 spiro atoms. The van der Waals surface area contributed by atoms with Gasteiger partial charge in [-0.3, -0.25) is 19.8 Å². The van der Waals surface area contributed by atoms with Crippen LogP contribution in [0.25, 0.3) is 11.8 Å². The van der Waals surface area contributed by atoms with Crippen LogP contribution in [-0.2, 0) is 20.8 Å². The summed E-state index contributed by atoms with van der Waals surface area (Å²) in [5, 5.41) is 13.4. The summed E-state index contributed by atoms with van der Waals surface area (Å²) >= 11 is 0. The van der Waals surface area contributed by atoms with Crippen molar-refractivity contribution < 1.29 is 19.2 Å². The van der Waals surface area contributed by atoms with E-state index >= 15 is 0 Å². The van der Waals surface area contributed by atoms with Crippen molar-refractivity contribution in [1.29, 1.82) is 0 Å². The number of carbonyl (C=O) groups excluding carboxylic acids is 1. The first-order valence-corrected chi connectivity index (χ1v) is 8.40. The van der Waals surface area contributed by atoms with Crippen molar-refractivity contribution in [3.05, 3.63) is 32.4 Å². The number of aromatic amines is 1. The molecular formula is C17H21N3O5. The molecule has 2 aliphatic carbocycles. The molecule has 1 saturated carbocycles. The fourth-order valence-corrected chi connectivity index (χ4v) is 4.83. The monoisotopic (exact) mass is 347 g/mol. The van der Waals surface area contributed by atoms with E-state index in [2.05, 4.69) is 4.98 Å². The minimum Gasteiger partial charge on any atom is -0.468 e. The van der Waals surface area contributed by atoms with Gasteiger partial charge in [0, 0.05) is 31.1 Å². The number of nitrogens with zero attached hydrogens (tertiary/aromatic N) is 2. The van der Waals surface area contributed by atoms with Gasteiger partial charge < -0.3 is 14.5 Å². The summed E-state index contributed by atoms with van der Waals surface area (Å²) in [5.41, 5.74) is -0.314. The highest BCUT2D eigenvalue weighted by Gasteiger charge is 2.56. The SMILES string of the molecule is COC(=O)CN1Cc2cc3c([nH]2)=CC2(CCCC1(OC)C2)C=3[N+](=O)[O-]. The molecule has 0 aromatic carbocycles. The lowest BCUT2D eigenvalue weighted by Crippen LogP contribution is -2.56. The molecule has 4 aliphatic rings. The number of hydrogen-bond donors (Lipinski definition) is 1. The van der Waals surface area contributed by atoms with Gasteiger partial charge in [0.15, 0.2) is 0 Å². The predicted molar refractivity (Wildman–Crippen MR) is 88.0 cm³/mol. The van der Waals surface area contributed by atoms with E-state index in [1.165, 1.54) is 7.11 Å². The quantitative estimate of drug-likeness (QED) is 0.471. The van der Waals surface area contributed by atoms with Gasteiger partial charge in [0.1, 0.15) is 5.72 Å². The molecule has 5 bridgehead atoms. The second-order valence-corrected chi connectivity index (χ2v) is 7.14. The first kappa shape index (κ1) is 16.3. The zero-order chi connectivity index (χ0) is 17.8. The molecule has 0 amide bonds. The Labute approximate surface area is 144 Å². The first-order valence-electron chi connectivity index (χ1n) is 8.40. The van der Waals surface area contributed by atoms with E-state index in [0.717, 1.165) is 23.9 Å². The molecule has 8 heteroatoms. The Morgan fingerprint density at radius 1 is 1.44 bits per heavy atom. The maximum atomic E-state index is 12.0. The van der Waals surface area contributed by atoms with Crippen LogP contribution in [0.3, 0.4) is 0 Å². The third-order valence-electron chi connectivity index (χ3n) is 5.88. The molecule has 134 valence electrons. The van der Waals surface area contributed by atoms with Gasteiger partial charge in [-0.2, -0.15) is 0 Å². The van der Waals surface area contributed by atoms with Crippen LogP contribution >= 0.6 is 0 Å². The van der Waals surface area contributed by atoms with Gasteiger partial charge >= 0.3 is 5.97 Å². The van der Waals surface area contributed by atoms with Gasteiger partial charge in [0.2, 0.25) is 0 Å². The van der Waals surface area contributed by atoms with Gasteiger partial charge in [0.05, 0.1) is 29.2 Å². The number of carbonyl (C=O) groups is 1. The molecule has 2 atom stereocenters. The van der Waals surface area contributed by atoms with Gasteiger partial charge in [-0.05, 0) is 31.4 Å². The Hall–Kier alpha value is -2.19. The number of ether oxygens (including phenoxy) is 2. The van der Waals surface area contributed by atoms with Gasteiger partial charge in [-0.25, -0.2) is 0 Å². The summed E-state index contributed by atoms with van der Waals surface area (Å²) < 4.78 is 10.8. The lowest BCUT2D eigenvalue weighted by atomic mass is 9.69. The number of fused-ring (bicyclic) bond motifs is 1. The maximum absolute atomic E-state index is 12.0. The molecule has 0 saturated heterocycles. The van der Waals surface area contributed by atoms with Gasteiger partial charge in [-0.1, -0.05) is 0 Å². The highest BCUT2D eigenvalue weighted by atomic mass is 16.6. The summed E-state index contributed by atoms with van der Waals surface area (Å²) in [4.78, 5) is 28.8. The Bertz CT molecular complexity index is 875. The topological polar surface area (TPSA) is 97.7 Å². The van der Waals surface area contributed by atoms with E-state index in [1.807, 2.05) is 17.0 Å². The Kier molecular flexibility index (Phi) is 3.52. The van der Waals surface area contributed by atoms with Crippen molar-refractivity contribution in [2.75, 3.05) is 20.8 Å². The molecule has 8 nitrogen and oxygen atoms in total. The number of rotatable bonds is 4. The zero-order valence-corrected chi connectivity index (χ0v) is 14.3. The van der Waals surface area contributed by atoms with Crippen LogP contribution in [0.5, 0.6) is 0 Å². The van der Waals surface area contributed by atoms with Gasteiger partial charge in [0.25, 0.3) is 5.70 Å². The minimum absolute atomic E-state index is 0.0813.